The van der Waals surface area contributed by atoms with Gasteiger partial charge in [-0.1, -0.05) is 0 Å². The van der Waals surface area contributed by atoms with E-state index in [1.165, 1.54) is 12.3 Å². The molecule has 0 bridgehead atoms. The van der Waals surface area contributed by atoms with Gasteiger partial charge in [0.15, 0.2) is 5.69 Å². The van der Waals surface area contributed by atoms with Gasteiger partial charge in [0, 0.05) is 18.8 Å². The van der Waals surface area contributed by atoms with Crippen molar-refractivity contribution in [2.45, 2.75) is 25.4 Å². The fraction of sp³-hybridized carbons (Fsp3) is 0.286. The first-order chi connectivity index (χ1) is 9.25. The molecule has 0 aliphatic heterocycles. The lowest BCUT2D eigenvalue weighted by atomic mass is 10.2. The lowest BCUT2D eigenvalue weighted by Gasteiger charge is -2.21. The van der Waals surface area contributed by atoms with Crippen molar-refractivity contribution in [3.63, 3.8) is 0 Å². The van der Waals surface area contributed by atoms with Crippen molar-refractivity contribution in [3.05, 3.63) is 46.4 Å². The van der Waals surface area contributed by atoms with Crippen molar-refractivity contribution in [1.82, 2.24) is 9.88 Å². The highest BCUT2D eigenvalue weighted by Gasteiger charge is 2.34. The second kappa shape index (κ2) is 5.01. The molecule has 0 spiro atoms. The Balaban J connectivity index is 1.84. The Hall–Kier alpha value is -1.88. The fourth-order valence-electron chi connectivity index (χ4n) is 2.03. The van der Waals surface area contributed by atoms with Crippen LogP contribution in [0.3, 0.4) is 0 Å². The minimum Gasteiger partial charge on any atom is -0.505 e. The van der Waals surface area contributed by atoms with Crippen molar-refractivity contribution in [1.29, 1.82) is 0 Å². The predicted molar refractivity (Wildman–Crippen MR) is 73.1 cm³/mol. The summed E-state index contributed by atoms with van der Waals surface area (Å²) in [5.41, 5.74) is 1.27. The molecule has 0 unspecified atom stereocenters. The average molecular weight is 274 g/mol. The van der Waals surface area contributed by atoms with Gasteiger partial charge in [0.2, 0.25) is 0 Å². The molecule has 2 aromatic heterocycles. The standard InChI is InChI=1S/C14H14N2O2S/c17-12-2-1-6-15-13(12)14(18)16(11-3-4-11)8-10-5-7-19-9-10/h1-2,5-7,9,11,17H,3-4,8H2. The molecule has 19 heavy (non-hydrogen) atoms. The monoisotopic (exact) mass is 274 g/mol. The maximum absolute atomic E-state index is 12.5. The van der Waals surface area contributed by atoms with Gasteiger partial charge < -0.3 is 10.0 Å². The number of nitrogens with zero attached hydrogens (tertiary/aromatic N) is 2. The van der Waals surface area contributed by atoms with E-state index in [2.05, 4.69) is 4.98 Å². The topological polar surface area (TPSA) is 53.4 Å². The van der Waals surface area contributed by atoms with Crippen LogP contribution in [-0.2, 0) is 6.54 Å². The van der Waals surface area contributed by atoms with Gasteiger partial charge in [-0.05, 0) is 47.4 Å². The molecular weight excluding hydrogens is 260 g/mol. The minimum absolute atomic E-state index is 0.0523. The van der Waals surface area contributed by atoms with Crippen molar-refractivity contribution < 1.29 is 9.90 Å². The Morgan fingerprint density at radius 2 is 2.32 bits per heavy atom. The molecule has 0 saturated heterocycles. The molecule has 1 N–H and O–H groups in total. The molecule has 0 radical (unpaired) electrons. The highest BCUT2D eigenvalue weighted by Crippen LogP contribution is 2.31. The summed E-state index contributed by atoms with van der Waals surface area (Å²) in [5.74, 6) is -0.240. The van der Waals surface area contributed by atoms with Crippen LogP contribution < -0.4 is 0 Å². The minimum atomic E-state index is -0.188. The summed E-state index contributed by atoms with van der Waals surface area (Å²) < 4.78 is 0. The third-order valence-corrected chi connectivity index (χ3v) is 3.90. The molecule has 2 heterocycles. The van der Waals surface area contributed by atoms with E-state index in [9.17, 15) is 9.90 Å². The van der Waals surface area contributed by atoms with E-state index < -0.39 is 0 Å². The molecule has 4 nitrogen and oxygen atoms in total. The molecule has 0 atom stereocenters. The molecule has 3 rings (SSSR count). The van der Waals surface area contributed by atoms with Crippen LogP contribution in [0, 0.1) is 0 Å². The first-order valence-electron chi connectivity index (χ1n) is 6.22. The molecule has 2 aromatic rings. The SMILES string of the molecule is O=C(c1ncccc1O)N(Cc1ccsc1)C1CC1. The summed E-state index contributed by atoms with van der Waals surface area (Å²) in [5, 5.41) is 13.8. The number of hydrogen-bond donors (Lipinski definition) is 1. The van der Waals surface area contributed by atoms with E-state index >= 15 is 0 Å². The number of hydrogen-bond acceptors (Lipinski definition) is 4. The first kappa shape index (κ1) is 12.2. The number of carbonyl (C=O) groups excluding carboxylic acids is 1. The third kappa shape index (κ3) is 2.61. The van der Waals surface area contributed by atoms with E-state index in [1.54, 1.807) is 17.4 Å². The smallest absolute Gasteiger partial charge is 0.276 e. The summed E-state index contributed by atoms with van der Waals surface area (Å²) in [6, 6.07) is 5.42. The van der Waals surface area contributed by atoms with Gasteiger partial charge in [-0.15, -0.1) is 0 Å². The van der Waals surface area contributed by atoms with Gasteiger partial charge in [0.25, 0.3) is 5.91 Å². The molecule has 1 saturated carbocycles. The van der Waals surface area contributed by atoms with Crippen LogP contribution >= 0.6 is 11.3 Å². The Bertz CT molecular complexity index is 579. The van der Waals surface area contributed by atoms with E-state index in [0.717, 1.165) is 18.4 Å². The summed E-state index contributed by atoms with van der Waals surface area (Å²) in [6.45, 7) is 0.586. The third-order valence-electron chi connectivity index (χ3n) is 3.17. The van der Waals surface area contributed by atoms with Gasteiger partial charge in [-0.3, -0.25) is 4.79 Å². The summed E-state index contributed by atoms with van der Waals surface area (Å²) in [4.78, 5) is 18.3. The zero-order valence-electron chi connectivity index (χ0n) is 10.3. The van der Waals surface area contributed by atoms with E-state index in [0.29, 0.717) is 6.54 Å². The van der Waals surface area contributed by atoms with Crippen LogP contribution in [0.25, 0.3) is 0 Å². The van der Waals surface area contributed by atoms with Crippen molar-refractivity contribution >= 4 is 17.2 Å². The molecular formula is C14H14N2O2S. The molecule has 1 fully saturated rings. The number of aromatic nitrogens is 1. The highest BCUT2D eigenvalue weighted by molar-refractivity contribution is 7.07. The number of thiophene rings is 1. The Morgan fingerprint density at radius 1 is 1.47 bits per heavy atom. The molecule has 98 valence electrons. The number of pyridine rings is 1. The lowest BCUT2D eigenvalue weighted by molar-refractivity contribution is 0.0720. The molecule has 1 aliphatic carbocycles. The second-order valence-electron chi connectivity index (χ2n) is 4.67. The molecule has 1 amide bonds. The Morgan fingerprint density at radius 3 is 2.95 bits per heavy atom. The normalized spacial score (nSPS) is 14.3. The summed E-state index contributed by atoms with van der Waals surface area (Å²) >= 11 is 1.62. The van der Waals surface area contributed by atoms with Crippen molar-refractivity contribution in [2.24, 2.45) is 0 Å². The maximum Gasteiger partial charge on any atom is 0.276 e. The summed E-state index contributed by atoms with van der Waals surface area (Å²) in [7, 11) is 0. The largest absolute Gasteiger partial charge is 0.505 e. The Kier molecular flexibility index (Phi) is 3.21. The van der Waals surface area contributed by atoms with E-state index in [1.807, 2.05) is 21.7 Å². The van der Waals surface area contributed by atoms with Crippen LogP contribution in [0.2, 0.25) is 0 Å². The van der Waals surface area contributed by atoms with Crippen LogP contribution in [0.1, 0.15) is 28.9 Å². The maximum atomic E-state index is 12.5. The van der Waals surface area contributed by atoms with Crippen LogP contribution in [0.15, 0.2) is 35.2 Å². The van der Waals surface area contributed by atoms with Crippen molar-refractivity contribution in [2.75, 3.05) is 0 Å². The predicted octanol–water partition coefficient (Wildman–Crippen LogP) is 2.65. The van der Waals surface area contributed by atoms with Crippen LogP contribution in [0.5, 0.6) is 5.75 Å². The zero-order chi connectivity index (χ0) is 13.2. The first-order valence-corrected chi connectivity index (χ1v) is 7.16. The molecule has 0 aromatic carbocycles. The van der Waals surface area contributed by atoms with Gasteiger partial charge >= 0.3 is 0 Å². The van der Waals surface area contributed by atoms with E-state index in [-0.39, 0.29) is 23.4 Å². The van der Waals surface area contributed by atoms with Crippen molar-refractivity contribution in [3.8, 4) is 5.75 Å². The highest BCUT2D eigenvalue weighted by atomic mass is 32.1. The van der Waals surface area contributed by atoms with Gasteiger partial charge in [-0.2, -0.15) is 11.3 Å². The zero-order valence-corrected chi connectivity index (χ0v) is 11.1. The summed E-state index contributed by atoms with van der Waals surface area (Å²) in [6.07, 6.45) is 3.59. The fourth-order valence-corrected chi connectivity index (χ4v) is 2.69. The number of amides is 1. The van der Waals surface area contributed by atoms with Gasteiger partial charge in [0.1, 0.15) is 5.75 Å². The number of rotatable bonds is 4. The number of aromatic hydroxyl groups is 1. The van der Waals surface area contributed by atoms with Crippen LogP contribution in [-0.4, -0.2) is 26.9 Å². The lowest BCUT2D eigenvalue weighted by Crippen LogP contribution is -2.33. The second-order valence-corrected chi connectivity index (χ2v) is 5.45. The van der Waals surface area contributed by atoms with Gasteiger partial charge in [-0.25, -0.2) is 4.98 Å². The average Bonchev–Trinajstić information content (AvgIpc) is 3.13. The molecule has 1 aliphatic rings. The number of carbonyl (C=O) groups is 1. The molecule has 5 heteroatoms. The van der Waals surface area contributed by atoms with Gasteiger partial charge in [0.05, 0.1) is 0 Å². The quantitative estimate of drug-likeness (QED) is 0.932. The van der Waals surface area contributed by atoms with E-state index in [4.69, 9.17) is 0 Å². The Labute approximate surface area is 115 Å². The van der Waals surface area contributed by atoms with Crippen LogP contribution in [0.4, 0.5) is 0 Å².